The van der Waals surface area contributed by atoms with Crippen molar-refractivity contribution in [2.75, 3.05) is 6.61 Å². The Bertz CT molecular complexity index is 947. The van der Waals surface area contributed by atoms with E-state index in [2.05, 4.69) is 0 Å². The molecule has 3 rings (SSSR count). The van der Waals surface area contributed by atoms with Gasteiger partial charge in [0.25, 0.3) is 0 Å². The van der Waals surface area contributed by atoms with Crippen molar-refractivity contribution in [3.8, 4) is 0 Å². The Morgan fingerprint density at radius 2 is 1.38 bits per heavy atom. The van der Waals surface area contributed by atoms with Crippen LogP contribution in [0.1, 0.15) is 34.3 Å². The fourth-order valence-electron chi connectivity index (χ4n) is 3.30. The molecule has 2 unspecified atom stereocenters. The van der Waals surface area contributed by atoms with E-state index in [-0.39, 0.29) is 12.4 Å². The molecular weight excluding hydrogens is 360 g/mol. The topological polar surface area (TPSA) is 43.4 Å². The summed E-state index contributed by atoms with van der Waals surface area (Å²) in [5.74, 6) is -2.15. The first-order valence-electron chi connectivity index (χ1n) is 9.74. The summed E-state index contributed by atoms with van der Waals surface area (Å²) >= 11 is 0. The number of hydrogen-bond donors (Lipinski definition) is 0. The zero-order chi connectivity index (χ0) is 20.5. The number of carbonyl (C=O) groups is 2. The van der Waals surface area contributed by atoms with Crippen LogP contribution in [-0.4, -0.2) is 18.4 Å². The summed E-state index contributed by atoms with van der Waals surface area (Å²) in [5, 5.41) is 0. The molecule has 3 aromatic rings. The van der Waals surface area contributed by atoms with E-state index in [9.17, 15) is 9.59 Å². The van der Waals surface area contributed by atoms with Gasteiger partial charge < -0.3 is 4.74 Å². The van der Waals surface area contributed by atoms with Gasteiger partial charge in [-0.2, -0.15) is 0 Å². The zero-order valence-electron chi connectivity index (χ0n) is 16.4. The van der Waals surface area contributed by atoms with Gasteiger partial charge in [-0.05, 0) is 18.1 Å². The van der Waals surface area contributed by atoms with Crippen molar-refractivity contribution in [2.24, 2.45) is 5.92 Å². The maximum atomic E-state index is 13.4. The minimum absolute atomic E-state index is 0.224. The fourth-order valence-corrected chi connectivity index (χ4v) is 3.30. The number of ketones is 1. The van der Waals surface area contributed by atoms with Gasteiger partial charge in [0.05, 0.1) is 6.61 Å². The fraction of sp³-hybridized carbons (Fsp3) is 0.154. The van der Waals surface area contributed by atoms with Gasteiger partial charge in [0.2, 0.25) is 0 Å². The van der Waals surface area contributed by atoms with Crippen LogP contribution < -0.4 is 0 Å². The number of rotatable bonds is 8. The standard InChI is InChI=1S/C26H24O3/c1-2-29-26(28)24(25(27)22-16-10-5-11-17-22)23(21-14-8-4-9-15-21)19-18-20-12-6-3-7-13-20/h3-19,23-24H,2H2,1H3/b19-18+. The molecule has 0 saturated heterocycles. The summed E-state index contributed by atoms with van der Waals surface area (Å²) in [5.41, 5.74) is 2.39. The Morgan fingerprint density at radius 3 is 1.97 bits per heavy atom. The Balaban J connectivity index is 2.05. The van der Waals surface area contributed by atoms with Crippen molar-refractivity contribution in [1.82, 2.24) is 0 Å². The molecule has 3 nitrogen and oxygen atoms in total. The van der Waals surface area contributed by atoms with E-state index in [1.165, 1.54) is 0 Å². The average Bonchev–Trinajstić information content (AvgIpc) is 2.78. The van der Waals surface area contributed by atoms with Crippen LogP contribution in [0.4, 0.5) is 0 Å². The minimum atomic E-state index is -0.959. The zero-order valence-corrected chi connectivity index (χ0v) is 16.4. The van der Waals surface area contributed by atoms with Gasteiger partial charge in [0, 0.05) is 11.5 Å². The molecule has 29 heavy (non-hydrogen) atoms. The highest BCUT2D eigenvalue weighted by atomic mass is 16.5. The van der Waals surface area contributed by atoms with Gasteiger partial charge >= 0.3 is 5.97 Å². The molecule has 0 spiro atoms. The van der Waals surface area contributed by atoms with Gasteiger partial charge in [-0.25, -0.2) is 0 Å². The number of carbonyl (C=O) groups excluding carboxylic acids is 2. The van der Waals surface area contributed by atoms with Crippen LogP contribution in [0.25, 0.3) is 6.08 Å². The molecule has 0 fully saturated rings. The van der Waals surface area contributed by atoms with Crippen LogP contribution in [0.2, 0.25) is 0 Å². The molecular formula is C26H24O3. The lowest BCUT2D eigenvalue weighted by Gasteiger charge is -2.23. The van der Waals surface area contributed by atoms with Gasteiger partial charge in [-0.3, -0.25) is 9.59 Å². The largest absolute Gasteiger partial charge is 0.465 e. The summed E-state index contributed by atoms with van der Waals surface area (Å²) in [4.78, 5) is 26.3. The van der Waals surface area contributed by atoms with Crippen LogP contribution in [0, 0.1) is 5.92 Å². The van der Waals surface area contributed by atoms with Crippen LogP contribution in [-0.2, 0) is 9.53 Å². The molecule has 0 bridgehead atoms. The van der Waals surface area contributed by atoms with Crippen molar-refractivity contribution in [3.05, 3.63) is 114 Å². The molecule has 3 aromatic carbocycles. The number of allylic oxidation sites excluding steroid dienone is 1. The summed E-state index contributed by atoms with van der Waals surface area (Å²) < 4.78 is 5.31. The monoisotopic (exact) mass is 384 g/mol. The third kappa shape index (κ3) is 5.29. The van der Waals surface area contributed by atoms with Gasteiger partial charge in [0.1, 0.15) is 5.92 Å². The normalized spacial score (nSPS) is 13.0. The average molecular weight is 384 g/mol. The van der Waals surface area contributed by atoms with Crippen molar-refractivity contribution in [3.63, 3.8) is 0 Å². The lowest BCUT2D eigenvalue weighted by atomic mass is 9.80. The first-order valence-corrected chi connectivity index (χ1v) is 9.74. The molecule has 0 aliphatic heterocycles. The quantitative estimate of drug-likeness (QED) is 0.291. The number of esters is 1. The molecule has 0 radical (unpaired) electrons. The summed E-state index contributed by atoms with van der Waals surface area (Å²) in [6.07, 6.45) is 3.87. The molecule has 0 aliphatic rings. The van der Waals surface area contributed by atoms with Gasteiger partial charge in [-0.15, -0.1) is 0 Å². The highest BCUT2D eigenvalue weighted by molar-refractivity contribution is 6.09. The molecule has 2 atom stereocenters. The predicted octanol–water partition coefficient (Wildman–Crippen LogP) is 5.55. The van der Waals surface area contributed by atoms with E-state index in [4.69, 9.17) is 4.74 Å². The third-order valence-electron chi connectivity index (χ3n) is 4.72. The minimum Gasteiger partial charge on any atom is -0.465 e. The lowest BCUT2D eigenvalue weighted by molar-refractivity contribution is -0.146. The molecule has 0 aliphatic carbocycles. The molecule has 146 valence electrons. The SMILES string of the molecule is CCOC(=O)C(C(=O)c1ccccc1)C(/C=C/c1ccccc1)c1ccccc1. The Hall–Kier alpha value is -3.46. The Morgan fingerprint density at radius 1 is 0.828 bits per heavy atom. The smallest absolute Gasteiger partial charge is 0.317 e. The molecule has 0 aromatic heterocycles. The number of Topliss-reactive ketones (excluding diaryl/α,β-unsaturated/α-hetero) is 1. The van der Waals surface area contributed by atoms with Gasteiger partial charge in [0.15, 0.2) is 5.78 Å². The lowest BCUT2D eigenvalue weighted by Crippen LogP contribution is -2.31. The Kier molecular flexibility index (Phi) is 7.12. The van der Waals surface area contributed by atoms with Crippen molar-refractivity contribution in [2.45, 2.75) is 12.8 Å². The maximum absolute atomic E-state index is 13.4. The molecule has 0 amide bonds. The van der Waals surface area contributed by atoms with Crippen LogP contribution >= 0.6 is 0 Å². The first-order chi connectivity index (χ1) is 14.2. The summed E-state index contributed by atoms with van der Waals surface area (Å²) in [7, 11) is 0. The molecule has 0 N–H and O–H groups in total. The number of ether oxygens (including phenoxy) is 1. The van der Waals surface area contributed by atoms with Crippen LogP contribution in [0.3, 0.4) is 0 Å². The van der Waals surface area contributed by atoms with Crippen molar-refractivity contribution < 1.29 is 14.3 Å². The molecule has 0 heterocycles. The Labute approximate surface area is 171 Å². The van der Waals surface area contributed by atoms with E-state index in [0.717, 1.165) is 11.1 Å². The van der Waals surface area contributed by atoms with E-state index in [0.29, 0.717) is 5.56 Å². The van der Waals surface area contributed by atoms with Crippen molar-refractivity contribution >= 4 is 17.8 Å². The number of benzene rings is 3. The highest BCUT2D eigenvalue weighted by Gasteiger charge is 2.36. The van der Waals surface area contributed by atoms with Crippen LogP contribution in [0.5, 0.6) is 0 Å². The number of hydrogen-bond acceptors (Lipinski definition) is 3. The van der Waals surface area contributed by atoms with E-state index >= 15 is 0 Å². The van der Waals surface area contributed by atoms with Gasteiger partial charge in [-0.1, -0.05) is 103 Å². The van der Waals surface area contributed by atoms with Crippen LogP contribution in [0.15, 0.2) is 97.1 Å². The third-order valence-corrected chi connectivity index (χ3v) is 4.72. The molecule has 0 saturated carbocycles. The van der Waals surface area contributed by atoms with E-state index in [1.54, 1.807) is 31.2 Å². The van der Waals surface area contributed by atoms with Crippen molar-refractivity contribution in [1.29, 1.82) is 0 Å². The second-order valence-corrected chi connectivity index (χ2v) is 6.67. The maximum Gasteiger partial charge on any atom is 0.317 e. The summed E-state index contributed by atoms with van der Waals surface area (Å²) in [6.45, 7) is 1.97. The highest BCUT2D eigenvalue weighted by Crippen LogP contribution is 2.31. The predicted molar refractivity (Wildman–Crippen MR) is 116 cm³/mol. The van der Waals surface area contributed by atoms with E-state index < -0.39 is 17.8 Å². The first kappa shape index (κ1) is 20.3. The second kappa shape index (κ2) is 10.2. The summed E-state index contributed by atoms with van der Waals surface area (Å²) in [6, 6.07) is 28.3. The van der Waals surface area contributed by atoms with E-state index in [1.807, 2.05) is 78.9 Å². The molecule has 3 heteroatoms. The second-order valence-electron chi connectivity index (χ2n) is 6.67.